The maximum atomic E-state index is 8.72. The van der Waals surface area contributed by atoms with Gasteiger partial charge < -0.3 is 10.1 Å². The first-order chi connectivity index (χ1) is 7.38. The Hall–Kier alpha value is -1.60. The summed E-state index contributed by atoms with van der Waals surface area (Å²) in [6.45, 7) is 2.55. The van der Waals surface area contributed by atoms with Gasteiger partial charge in [0.05, 0.1) is 18.2 Å². The Morgan fingerprint density at radius 2 is 2.60 bits per heavy atom. The van der Waals surface area contributed by atoms with Crippen molar-refractivity contribution >= 4 is 5.82 Å². The molecule has 2 heterocycles. The quantitative estimate of drug-likeness (QED) is 0.806. The van der Waals surface area contributed by atoms with Gasteiger partial charge in [-0.1, -0.05) is 0 Å². The van der Waals surface area contributed by atoms with Crippen LogP contribution in [0.5, 0.6) is 0 Å². The Labute approximate surface area is 88.9 Å². The molecule has 0 amide bonds. The number of nitrogens with zero attached hydrogens (tertiary/aromatic N) is 2. The van der Waals surface area contributed by atoms with Crippen molar-refractivity contribution in [1.29, 1.82) is 5.26 Å². The smallest absolute Gasteiger partial charge is 0.127 e. The molecule has 0 radical (unpaired) electrons. The molecule has 0 aliphatic carbocycles. The minimum atomic E-state index is 0.567. The van der Waals surface area contributed by atoms with Crippen molar-refractivity contribution in [2.75, 3.05) is 25.1 Å². The van der Waals surface area contributed by atoms with Gasteiger partial charge in [-0.3, -0.25) is 0 Å². The number of nitrogens with one attached hydrogen (secondary N) is 1. The summed E-state index contributed by atoms with van der Waals surface area (Å²) in [6.07, 6.45) is 2.75. The second-order valence-corrected chi connectivity index (χ2v) is 3.65. The summed E-state index contributed by atoms with van der Waals surface area (Å²) in [6, 6.07) is 5.55. The van der Waals surface area contributed by atoms with Crippen molar-refractivity contribution in [2.24, 2.45) is 5.92 Å². The monoisotopic (exact) mass is 203 g/mol. The fourth-order valence-corrected chi connectivity index (χ4v) is 1.59. The van der Waals surface area contributed by atoms with Crippen LogP contribution in [0.15, 0.2) is 18.3 Å². The van der Waals surface area contributed by atoms with Crippen LogP contribution in [-0.2, 0) is 4.74 Å². The van der Waals surface area contributed by atoms with Crippen molar-refractivity contribution in [3.05, 3.63) is 23.9 Å². The van der Waals surface area contributed by atoms with E-state index in [2.05, 4.69) is 16.4 Å². The summed E-state index contributed by atoms with van der Waals surface area (Å²) in [5, 5.41) is 11.9. The van der Waals surface area contributed by atoms with Crippen LogP contribution in [0.2, 0.25) is 0 Å². The Morgan fingerprint density at radius 3 is 3.33 bits per heavy atom. The predicted octanol–water partition coefficient (Wildman–Crippen LogP) is 1.40. The lowest BCUT2D eigenvalue weighted by Gasteiger charge is -2.09. The van der Waals surface area contributed by atoms with E-state index in [1.165, 1.54) is 0 Å². The van der Waals surface area contributed by atoms with E-state index in [0.29, 0.717) is 11.5 Å². The van der Waals surface area contributed by atoms with E-state index in [4.69, 9.17) is 10.00 Å². The molecule has 1 aliphatic rings. The molecular formula is C11H13N3O. The highest BCUT2D eigenvalue weighted by atomic mass is 16.5. The van der Waals surface area contributed by atoms with Gasteiger partial charge in [0.1, 0.15) is 5.82 Å². The normalized spacial score (nSPS) is 19.8. The van der Waals surface area contributed by atoms with Gasteiger partial charge >= 0.3 is 0 Å². The number of nitriles is 1. The molecule has 1 unspecified atom stereocenters. The zero-order valence-corrected chi connectivity index (χ0v) is 8.44. The van der Waals surface area contributed by atoms with E-state index < -0.39 is 0 Å². The van der Waals surface area contributed by atoms with Gasteiger partial charge in [0.2, 0.25) is 0 Å². The summed E-state index contributed by atoms with van der Waals surface area (Å²) < 4.78 is 5.28. The zero-order valence-electron chi connectivity index (χ0n) is 8.44. The van der Waals surface area contributed by atoms with E-state index in [-0.39, 0.29) is 0 Å². The maximum absolute atomic E-state index is 8.72. The largest absolute Gasteiger partial charge is 0.381 e. The van der Waals surface area contributed by atoms with Crippen molar-refractivity contribution in [3.63, 3.8) is 0 Å². The average molecular weight is 203 g/mol. The van der Waals surface area contributed by atoms with Gasteiger partial charge in [0.25, 0.3) is 0 Å². The van der Waals surface area contributed by atoms with Crippen molar-refractivity contribution < 1.29 is 4.74 Å². The second kappa shape index (κ2) is 4.76. The molecule has 4 heteroatoms. The number of rotatable bonds is 3. The second-order valence-electron chi connectivity index (χ2n) is 3.65. The number of pyridine rings is 1. The summed E-state index contributed by atoms with van der Waals surface area (Å²) in [7, 11) is 0. The summed E-state index contributed by atoms with van der Waals surface area (Å²) in [5.74, 6) is 1.33. The predicted molar refractivity (Wildman–Crippen MR) is 56.4 cm³/mol. The van der Waals surface area contributed by atoms with Gasteiger partial charge in [0, 0.05) is 25.3 Å². The molecule has 1 aromatic rings. The van der Waals surface area contributed by atoms with Crippen LogP contribution in [0.3, 0.4) is 0 Å². The SMILES string of the molecule is N#Cc1ccnc(NCC2CCOC2)c1. The Morgan fingerprint density at radius 1 is 1.67 bits per heavy atom. The Kier molecular flexibility index (Phi) is 3.15. The molecule has 1 N–H and O–H groups in total. The first-order valence-corrected chi connectivity index (χ1v) is 5.06. The van der Waals surface area contributed by atoms with E-state index in [9.17, 15) is 0 Å². The first kappa shape index (κ1) is 9.94. The lowest BCUT2D eigenvalue weighted by Crippen LogP contribution is -2.14. The fraction of sp³-hybridized carbons (Fsp3) is 0.455. The lowest BCUT2D eigenvalue weighted by molar-refractivity contribution is 0.187. The molecule has 1 atom stereocenters. The maximum Gasteiger partial charge on any atom is 0.127 e. The van der Waals surface area contributed by atoms with E-state index in [1.807, 2.05) is 0 Å². The molecule has 0 spiro atoms. The molecule has 15 heavy (non-hydrogen) atoms. The zero-order chi connectivity index (χ0) is 10.5. The summed E-state index contributed by atoms with van der Waals surface area (Å²) in [4.78, 5) is 4.15. The molecule has 1 aromatic heterocycles. The van der Waals surface area contributed by atoms with Crippen molar-refractivity contribution in [2.45, 2.75) is 6.42 Å². The van der Waals surface area contributed by atoms with Crippen LogP contribution < -0.4 is 5.32 Å². The van der Waals surface area contributed by atoms with Gasteiger partial charge in [-0.15, -0.1) is 0 Å². The molecule has 1 aliphatic heterocycles. The molecule has 2 rings (SSSR count). The van der Waals surface area contributed by atoms with Crippen LogP contribution >= 0.6 is 0 Å². The van der Waals surface area contributed by atoms with Crippen LogP contribution in [0.25, 0.3) is 0 Å². The van der Waals surface area contributed by atoms with Crippen molar-refractivity contribution in [3.8, 4) is 6.07 Å². The molecule has 78 valence electrons. The van der Waals surface area contributed by atoms with Crippen LogP contribution in [0.1, 0.15) is 12.0 Å². The number of aromatic nitrogens is 1. The molecular weight excluding hydrogens is 190 g/mol. The topological polar surface area (TPSA) is 57.9 Å². The fourth-order valence-electron chi connectivity index (χ4n) is 1.59. The van der Waals surface area contributed by atoms with Gasteiger partial charge in [0.15, 0.2) is 0 Å². The van der Waals surface area contributed by atoms with E-state index >= 15 is 0 Å². The molecule has 0 bridgehead atoms. The number of anilines is 1. The van der Waals surface area contributed by atoms with Crippen LogP contribution in [0.4, 0.5) is 5.82 Å². The minimum absolute atomic E-state index is 0.567. The van der Waals surface area contributed by atoms with Gasteiger partial charge in [-0.2, -0.15) is 5.26 Å². The van der Waals surface area contributed by atoms with Crippen molar-refractivity contribution in [1.82, 2.24) is 4.98 Å². The number of hydrogen-bond acceptors (Lipinski definition) is 4. The highest BCUT2D eigenvalue weighted by Crippen LogP contribution is 2.13. The average Bonchev–Trinajstić information content (AvgIpc) is 2.79. The molecule has 4 nitrogen and oxygen atoms in total. The molecule has 1 saturated heterocycles. The number of ether oxygens (including phenoxy) is 1. The summed E-state index contributed by atoms with van der Waals surface area (Å²) in [5.41, 5.74) is 0.634. The molecule has 0 saturated carbocycles. The Balaban J connectivity index is 1.90. The number of hydrogen-bond donors (Lipinski definition) is 1. The van der Waals surface area contributed by atoms with Gasteiger partial charge in [-0.05, 0) is 18.6 Å². The standard InChI is InChI=1S/C11H13N3O/c12-6-9-1-3-13-11(5-9)14-7-10-2-4-15-8-10/h1,3,5,10H,2,4,7-8H2,(H,13,14). The molecule has 0 aromatic carbocycles. The highest BCUT2D eigenvalue weighted by Gasteiger charge is 2.14. The third-order valence-corrected chi connectivity index (χ3v) is 2.48. The van der Waals surface area contributed by atoms with Crippen LogP contribution in [-0.4, -0.2) is 24.7 Å². The third-order valence-electron chi connectivity index (χ3n) is 2.48. The van der Waals surface area contributed by atoms with Crippen LogP contribution in [0, 0.1) is 17.2 Å². The summed E-state index contributed by atoms with van der Waals surface area (Å²) >= 11 is 0. The molecule has 1 fully saturated rings. The lowest BCUT2D eigenvalue weighted by atomic mass is 10.1. The minimum Gasteiger partial charge on any atom is -0.381 e. The third kappa shape index (κ3) is 2.67. The van der Waals surface area contributed by atoms with E-state index in [1.54, 1.807) is 18.3 Å². The van der Waals surface area contributed by atoms with E-state index in [0.717, 1.165) is 32.0 Å². The Bertz CT molecular complexity index is 366. The van der Waals surface area contributed by atoms with Gasteiger partial charge in [-0.25, -0.2) is 4.98 Å². The first-order valence-electron chi connectivity index (χ1n) is 5.06. The highest BCUT2D eigenvalue weighted by molar-refractivity contribution is 5.42.